The molecule has 0 amide bonds. The average Bonchev–Trinajstić information content (AvgIpc) is 3.02. The largest absolute Gasteiger partial charge is 0.393 e. The Morgan fingerprint density at radius 1 is 1.14 bits per heavy atom. The third-order valence-corrected chi connectivity index (χ3v) is 9.34. The maximum absolute atomic E-state index is 11.4. The molecule has 7 atom stereocenters. The second-order valence-corrected chi connectivity index (χ2v) is 10.4. The first kappa shape index (κ1) is 19.5. The number of hydrogen-bond acceptors (Lipinski definition) is 3. The quantitative estimate of drug-likeness (QED) is 0.683. The molecule has 0 aromatic carbocycles. The first-order chi connectivity index (χ1) is 13.9. The molecule has 3 heteroatoms. The molecular formula is C26H35NO2. The molecule has 0 spiro atoms. The number of aliphatic hydroxyl groups is 2. The van der Waals surface area contributed by atoms with Crippen LogP contribution in [0.1, 0.15) is 71.3 Å². The molecule has 0 aliphatic heterocycles. The van der Waals surface area contributed by atoms with Gasteiger partial charge < -0.3 is 10.2 Å². The highest BCUT2D eigenvalue weighted by Gasteiger charge is 2.60. The zero-order valence-electron chi connectivity index (χ0n) is 18.1. The molecule has 4 aliphatic rings. The van der Waals surface area contributed by atoms with E-state index < -0.39 is 0 Å². The second kappa shape index (κ2) is 6.78. The summed E-state index contributed by atoms with van der Waals surface area (Å²) in [6.45, 7) is 7.07. The Balaban J connectivity index is 1.57. The van der Waals surface area contributed by atoms with Crippen molar-refractivity contribution in [2.24, 2.45) is 28.6 Å². The van der Waals surface area contributed by atoms with Gasteiger partial charge in [0.1, 0.15) is 0 Å². The van der Waals surface area contributed by atoms with E-state index in [4.69, 9.17) is 0 Å². The summed E-state index contributed by atoms with van der Waals surface area (Å²) in [7, 11) is 0. The van der Waals surface area contributed by atoms with Crippen molar-refractivity contribution in [2.45, 2.75) is 77.9 Å². The molecule has 2 saturated carbocycles. The van der Waals surface area contributed by atoms with Crippen LogP contribution in [0, 0.1) is 28.6 Å². The van der Waals surface area contributed by atoms with Crippen molar-refractivity contribution in [1.82, 2.24) is 4.98 Å². The fourth-order valence-electron chi connectivity index (χ4n) is 8.03. The summed E-state index contributed by atoms with van der Waals surface area (Å²) in [5, 5.41) is 21.6. The molecule has 4 aliphatic carbocycles. The van der Waals surface area contributed by atoms with Crippen molar-refractivity contribution in [2.75, 3.05) is 0 Å². The lowest BCUT2D eigenvalue weighted by Crippen LogP contribution is -2.54. The maximum Gasteiger partial charge on any atom is 0.0757 e. The number of aliphatic hydroxyl groups excluding tert-OH is 2. The molecule has 156 valence electrons. The van der Waals surface area contributed by atoms with Crippen molar-refractivity contribution in [3.63, 3.8) is 0 Å². The van der Waals surface area contributed by atoms with Crippen LogP contribution in [0.4, 0.5) is 0 Å². The van der Waals surface area contributed by atoms with Gasteiger partial charge in [-0.3, -0.25) is 4.98 Å². The molecule has 0 saturated heterocycles. The molecule has 1 heterocycles. The monoisotopic (exact) mass is 393 g/mol. The molecule has 0 unspecified atom stereocenters. The number of aromatic nitrogens is 1. The van der Waals surface area contributed by atoms with Gasteiger partial charge in [0.15, 0.2) is 0 Å². The van der Waals surface area contributed by atoms with Crippen molar-refractivity contribution in [3.05, 3.63) is 47.3 Å². The minimum Gasteiger partial charge on any atom is -0.393 e. The predicted octanol–water partition coefficient (Wildman–Crippen LogP) is 5.15. The SMILES string of the molecule is CC[C@]12CC[C@H]3[C@@H]([C@@H](O)C=C4C[C@@H](O)CC[C@@]43C)[C@@H]1CC(C)=C2c1cccnc1. The fourth-order valence-corrected chi connectivity index (χ4v) is 8.03. The van der Waals surface area contributed by atoms with E-state index in [0.717, 1.165) is 32.1 Å². The van der Waals surface area contributed by atoms with Crippen LogP contribution in [-0.4, -0.2) is 27.4 Å². The zero-order valence-corrected chi connectivity index (χ0v) is 18.1. The van der Waals surface area contributed by atoms with Gasteiger partial charge >= 0.3 is 0 Å². The Labute approximate surface area is 175 Å². The van der Waals surface area contributed by atoms with Gasteiger partial charge in [0.05, 0.1) is 12.2 Å². The van der Waals surface area contributed by atoms with Gasteiger partial charge in [-0.1, -0.05) is 37.1 Å². The van der Waals surface area contributed by atoms with Gasteiger partial charge in [0, 0.05) is 12.4 Å². The van der Waals surface area contributed by atoms with E-state index in [0.29, 0.717) is 17.8 Å². The first-order valence-corrected chi connectivity index (χ1v) is 11.6. The standard InChI is InChI=1S/C26H35NO2/c1-4-26-10-8-20-23(22(29)14-18-13-19(28)7-9-25(18,20)3)21(26)12-16(2)24(26)17-6-5-11-27-15-17/h5-6,11,14-15,19-23,28-29H,4,7-10,12-13H2,1-3H3/t19-,20-,21-,22-,23+,25-,26-/m0/s1. The van der Waals surface area contributed by atoms with E-state index in [2.05, 4.69) is 44.0 Å². The predicted molar refractivity (Wildman–Crippen MR) is 116 cm³/mol. The number of allylic oxidation sites excluding steroid dienone is 2. The van der Waals surface area contributed by atoms with Crippen LogP contribution >= 0.6 is 0 Å². The molecule has 2 N–H and O–H groups in total. The lowest BCUT2D eigenvalue weighted by Gasteiger charge is -2.59. The van der Waals surface area contributed by atoms with Crippen LogP contribution in [0.15, 0.2) is 41.7 Å². The smallest absolute Gasteiger partial charge is 0.0757 e. The Bertz CT molecular complexity index is 859. The van der Waals surface area contributed by atoms with Crippen LogP contribution in [0.25, 0.3) is 5.57 Å². The molecule has 1 aromatic rings. The van der Waals surface area contributed by atoms with Crippen molar-refractivity contribution < 1.29 is 10.2 Å². The zero-order chi connectivity index (χ0) is 20.4. The van der Waals surface area contributed by atoms with Gasteiger partial charge in [0.25, 0.3) is 0 Å². The highest BCUT2D eigenvalue weighted by atomic mass is 16.3. The summed E-state index contributed by atoms with van der Waals surface area (Å²) in [4.78, 5) is 4.42. The highest BCUT2D eigenvalue weighted by Crippen LogP contribution is 2.68. The summed E-state index contributed by atoms with van der Waals surface area (Å²) < 4.78 is 0. The highest BCUT2D eigenvalue weighted by molar-refractivity contribution is 5.75. The van der Waals surface area contributed by atoms with Gasteiger partial charge in [0.2, 0.25) is 0 Å². The van der Waals surface area contributed by atoms with E-state index >= 15 is 0 Å². The first-order valence-electron chi connectivity index (χ1n) is 11.6. The third kappa shape index (κ3) is 2.66. The summed E-state index contributed by atoms with van der Waals surface area (Å²) in [6, 6.07) is 4.27. The van der Waals surface area contributed by atoms with E-state index in [1.54, 1.807) is 0 Å². The van der Waals surface area contributed by atoms with Crippen LogP contribution in [0.3, 0.4) is 0 Å². The van der Waals surface area contributed by atoms with Crippen LogP contribution in [-0.2, 0) is 0 Å². The van der Waals surface area contributed by atoms with Crippen LogP contribution in [0.2, 0.25) is 0 Å². The molecule has 0 bridgehead atoms. The minimum atomic E-state index is -0.384. The lowest BCUT2D eigenvalue weighted by molar-refractivity contribution is -0.0783. The summed E-state index contributed by atoms with van der Waals surface area (Å²) >= 11 is 0. The van der Waals surface area contributed by atoms with Crippen molar-refractivity contribution >= 4 is 5.57 Å². The summed E-state index contributed by atoms with van der Waals surface area (Å²) in [5.74, 6) is 1.34. The van der Waals surface area contributed by atoms with Crippen LogP contribution < -0.4 is 0 Å². The molecule has 3 nitrogen and oxygen atoms in total. The third-order valence-electron chi connectivity index (χ3n) is 9.34. The molecule has 1 aromatic heterocycles. The minimum absolute atomic E-state index is 0.147. The number of fused-ring (bicyclic) bond motifs is 5. The maximum atomic E-state index is 11.4. The van der Waals surface area contributed by atoms with Crippen molar-refractivity contribution in [3.8, 4) is 0 Å². The van der Waals surface area contributed by atoms with E-state index in [1.807, 2.05) is 12.4 Å². The average molecular weight is 394 g/mol. The summed E-state index contributed by atoms with van der Waals surface area (Å²) in [5.41, 5.74) is 5.92. The number of rotatable bonds is 2. The molecule has 29 heavy (non-hydrogen) atoms. The molecule has 0 radical (unpaired) electrons. The Hall–Kier alpha value is -1.45. The summed E-state index contributed by atoms with van der Waals surface area (Å²) in [6.07, 6.45) is 12.7. The Kier molecular flexibility index (Phi) is 4.56. The normalized spacial score (nSPS) is 44.0. The molecule has 2 fully saturated rings. The van der Waals surface area contributed by atoms with Gasteiger partial charge in [-0.25, -0.2) is 0 Å². The second-order valence-electron chi connectivity index (χ2n) is 10.4. The van der Waals surface area contributed by atoms with Crippen LogP contribution in [0.5, 0.6) is 0 Å². The number of nitrogens with zero attached hydrogens (tertiary/aromatic N) is 1. The van der Waals surface area contributed by atoms with Gasteiger partial charge in [-0.15, -0.1) is 0 Å². The van der Waals surface area contributed by atoms with Gasteiger partial charge in [-0.2, -0.15) is 0 Å². The molecule has 5 rings (SSSR count). The van der Waals surface area contributed by atoms with E-state index in [1.165, 1.54) is 35.1 Å². The lowest BCUT2D eigenvalue weighted by atomic mass is 9.46. The van der Waals surface area contributed by atoms with E-state index in [9.17, 15) is 10.2 Å². The van der Waals surface area contributed by atoms with Gasteiger partial charge in [-0.05, 0) is 97.7 Å². The Morgan fingerprint density at radius 2 is 1.97 bits per heavy atom. The Morgan fingerprint density at radius 3 is 2.69 bits per heavy atom. The molecular weight excluding hydrogens is 358 g/mol. The number of pyridine rings is 1. The fraction of sp³-hybridized carbons (Fsp3) is 0.654. The topological polar surface area (TPSA) is 53.4 Å². The van der Waals surface area contributed by atoms with Crippen molar-refractivity contribution in [1.29, 1.82) is 0 Å². The number of hydrogen-bond donors (Lipinski definition) is 2. The van der Waals surface area contributed by atoms with E-state index in [-0.39, 0.29) is 23.0 Å².